The molecule has 6 heteroatoms. The molecule has 0 atom stereocenters. The fourth-order valence-corrected chi connectivity index (χ4v) is 3.77. The average molecular weight is 340 g/mol. The Balaban J connectivity index is 1.34. The molecule has 0 saturated carbocycles. The highest BCUT2D eigenvalue weighted by molar-refractivity contribution is 5.77. The standard InChI is InChI=1S/C19H24N4O2/c1-2-23-18(20-21-19(23)24)11-14-7-9-22(10-8-14)13-16-12-15-5-3-4-6-17(15)25-16/h3-6,12,14H,2,7-11,13H2,1H3,(H,21,24). The van der Waals surface area contributed by atoms with E-state index in [-0.39, 0.29) is 5.69 Å². The molecule has 0 radical (unpaired) electrons. The minimum absolute atomic E-state index is 0.0974. The number of hydrogen-bond acceptors (Lipinski definition) is 4. The van der Waals surface area contributed by atoms with Crippen molar-refractivity contribution in [1.29, 1.82) is 0 Å². The van der Waals surface area contributed by atoms with Gasteiger partial charge >= 0.3 is 5.69 Å². The van der Waals surface area contributed by atoms with Gasteiger partial charge in [0.25, 0.3) is 0 Å². The summed E-state index contributed by atoms with van der Waals surface area (Å²) >= 11 is 0. The van der Waals surface area contributed by atoms with Crippen LogP contribution < -0.4 is 5.69 Å². The Labute approximate surface area is 146 Å². The van der Waals surface area contributed by atoms with E-state index in [0.29, 0.717) is 12.5 Å². The summed E-state index contributed by atoms with van der Waals surface area (Å²) in [5.74, 6) is 2.52. The van der Waals surface area contributed by atoms with Gasteiger partial charge in [-0.05, 0) is 50.9 Å². The third kappa shape index (κ3) is 3.39. The lowest BCUT2D eigenvalue weighted by atomic mass is 9.93. The van der Waals surface area contributed by atoms with E-state index < -0.39 is 0 Å². The maximum Gasteiger partial charge on any atom is 0.343 e. The van der Waals surface area contributed by atoms with Crippen LogP contribution in [0.4, 0.5) is 0 Å². The molecule has 3 heterocycles. The van der Waals surface area contributed by atoms with Gasteiger partial charge in [0.05, 0.1) is 6.54 Å². The summed E-state index contributed by atoms with van der Waals surface area (Å²) in [6.07, 6.45) is 3.14. The number of nitrogens with zero attached hydrogens (tertiary/aromatic N) is 3. The summed E-state index contributed by atoms with van der Waals surface area (Å²) in [7, 11) is 0. The summed E-state index contributed by atoms with van der Waals surface area (Å²) in [6.45, 7) is 5.64. The molecule has 3 aromatic rings. The lowest BCUT2D eigenvalue weighted by Gasteiger charge is -2.31. The number of para-hydroxylation sites is 1. The number of nitrogens with one attached hydrogen (secondary N) is 1. The Kier molecular flexibility index (Phi) is 4.44. The number of H-pyrrole nitrogens is 1. The Morgan fingerprint density at radius 2 is 2.08 bits per heavy atom. The van der Waals surface area contributed by atoms with Gasteiger partial charge in [0.2, 0.25) is 0 Å². The largest absolute Gasteiger partial charge is 0.460 e. The zero-order valence-electron chi connectivity index (χ0n) is 14.6. The van der Waals surface area contributed by atoms with Crippen molar-refractivity contribution in [2.45, 2.75) is 39.3 Å². The second-order valence-corrected chi connectivity index (χ2v) is 6.86. The molecule has 1 fully saturated rings. The van der Waals surface area contributed by atoms with Crippen LogP contribution in [0.2, 0.25) is 0 Å². The van der Waals surface area contributed by atoms with Crippen LogP contribution in [0.25, 0.3) is 11.0 Å². The van der Waals surface area contributed by atoms with Crippen molar-refractivity contribution >= 4 is 11.0 Å². The first kappa shape index (κ1) is 16.1. The van der Waals surface area contributed by atoms with Gasteiger partial charge in [-0.1, -0.05) is 18.2 Å². The molecule has 0 amide bonds. The first-order valence-electron chi connectivity index (χ1n) is 9.07. The van der Waals surface area contributed by atoms with E-state index in [4.69, 9.17) is 4.42 Å². The van der Waals surface area contributed by atoms with Gasteiger partial charge in [-0.3, -0.25) is 9.47 Å². The molecule has 132 valence electrons. The van der Waals surface area contributed by atoms with Crippen LogP contribution in [0.15, 0.2) is 39.5 Å². The summed E-state index contributed by atoms with van der Waals surface area (Å²) in [5, 5.41) is 7.92. The maximum absolute atomic E-state index is 11.7. The Bertz CT molecular complexity index is 866. The molecule has 1 N–H and O–H groups in total. The molecule has 0 bridgehead atoms. The first-order chi connectivity index (χ1) is 12.2. The number of furan rings is 1. The predicted octanol–water partition coefficient (Wildman–Crippen LogP) is 2.79. The van der Waals surface area contributed by atoms with Crippen molar-refractivity contribution in [2.75, 3.05) is 13.1 Å². The maximum atomic E-state index is 11.7. The molecule has 0 unspecified atom stereocenters. The minimum Gasteiger partial charge on any atom is -0.460 e. The number of fused-ring (bicyclic) bond motifs is 1. The van der Waals surface area contributed by atoms with Gasteiger partial charge in [0, 0.05) is 18.4 Å². The van der Waals surface area contributed by atoms with Crippen LogP contribution in [0.5, 0.6) is 0 Å². The minimum atomic E-state index is -0.0974. The van der Waals surface area contributed by atoms with Crippen molar-refractivity contribution < 1.29 is 4.42 Å². The van der Waals surface area contributed by atoms with Gasteiger partial charge in [-0.2, -0.15) is 5.10 Å². The summed E-state index contributed by atoms with van der Waals surface area (Å²) < 4.78 is 7.67. The number of piperidine rings is 1. The van der Waals surface area contributed by atoms with E-state index >= 15 is 0 Å². The molecule has 4 rings (SSSR count). The van der Waals surface area contributed by atoms with Crippen LogP contribution in [-0.4, -0.2) is 32.8 Å². The fraction of sp³-hybridized carbons (Fsp3) is 0.474. The van der Waals surface area contributed by atoms with Crippen molar-refractivity contribution in [2.24, 2.45) is 5.92 Å². The van der Waals surface area contributed by atoms with E-state index in [2.05, 4.69) is 27.2 Å². The molecule has 25 heavy (non-hydrogen) atoms. The van der Waals surface area contributed by atoms with Crippen molar-refractivity contribution in [1.82, 2.24) is 19.7 Å². The van der Waals surface area contributed by atoms with Crippen LogP contribution >= 0.6 is 0 Å². The number of rotatable bonds is 5. The molecule has 6 nitrogen and oxygen atoms in total. The Hall–Kier alpha value is -2.34. The highest BCUT2D eigenvalue weighted by Crippen LogP contribution is 2.24. The highest BCUT2D eigenvalue weighted by atomic mass is 16.3. The number of likely N-dealkylation sites (tertiary alicyclic amines) is 1. The summed E-state index contributed by atoms with van der Waals surface area (Å²) in [5.41, 5.74) is 0.864. The molecule has 2 aromatic heterocycles. The second kappa shape index (κ2) is 6.88. The second-order valence-electron chi connectivity index (χ2n) is 6.86. The Morgan fingerprint density at radius 1 is 1.28 bits per heavy atom. The van der Waals surface area contributed by atoms with E-state index in [1.165, 1.54) is 5.39 Å². The molecule has 1 saturated heterocycles. The molecule has 0 spiro atoms. The van der Waals surface area contributed by atoms with Crippen molar-refractivity contribution in [3.63, 3.8) is 0 Å². The topological polar surface area (TPSA) is 67.1 Å². The van der Waals surface area contributed by atoms with E-state index in [9.17, 15) is 4.79 Å². The van der Waals surface area contributed by atoms with Crippen LogP contribution in [0.1, 0.15) is 31.4 Å². The summed E-state index contributed by atoms with van der Waals surface area (Å²) in [6, 6.07) is 10.3. The van der Waals surface area contributed by atoms with Crippen molar-refractivity contribution in [3.8, 4) is 0 Å². The average Bonchev–Trinajstić information content (AvgIpc) is 3.19. The van der Waals surface area contributed by atoms with E-state index in [0.717, 1.165) is 56.1 Å². The third-order valence-electron chi connectivity index (χ3n) is 5.19. The molecular weight excluding hydrogens is 316 g/mol. The van der Waals surface area contributed by atoms with E-state index in [1.54, 1.807) is 4.57 Å². The van der Waals surface area contributed by atoms with Gasteiger partial charge in [0.15, 0.2) is 0 Å². The first-order valence-corrected chi connectivity index (χ1v) is 9.07. The predicted molar refractivity (Wildman–Crippen MR) is 96.4 cm³/mol. The van der Waals surface area contributed by atoms with Gasteiger partial charge in [-0.15, -0.1) is 0 Å². The lowest BCUT2D eigenvalue weighted by Crippen LogP contribution is -2.34. The number of aromatic nitrogens is 3. The monoisotopic (exact) mass is 340 g/mol. The van der Waals surface area contributed by atoms with Crippen molar-refractivity contribution in [3.05, 3.63) is 52.4 Å². The number of aromatic amines is 1. The zero-order valence-corrected chi connectivity index (χ0v) is 14.6. The van der Waals surface area contributed by atoms with Crippen LogP contribution in [0.3, 0.4) is 0 Å². The van der Waals surface area contributed by atoms with Gasteiger partial charge in [-0.25, -0.2) is 9.89 Å². The van der Waals surface area contributed by atoms with Gasteiger partial charge in [0.1, 0.15) is 17.2 Å². The molecule has 1 aromatic carbocycles. The molecule has 0 aliphatic carbocycles. The zero-order chi connectivity index (χ0) is 17.2. The fourth-order valence-electron chi connectivity index (χ4n) is 3.77. The lowest BCUT2D eigenvalue weighted by molar-refractivity contribution is 0.166. The highest BCUT2D eigenvalue weighted by Gasteiger charge is 2.22. The quantitative estimate of drug-likeness (QED) is 0.775. The summed E-state index contributed by atoms with van der Waals surface area (Å²) in [4.78, 5) is 14.1. The van der Waals surface area contributed by atoms with Gasteiger partial charge < -0.3 is 4.42 Å². The number of benzene rings is 1. The smallest absolute Gasteiger partial charge is 0.343 e. The SMILES string of the molecule is CCn1c(CC2CCN(Cc3cc4ccccc4o3)CC2)n[nH]c1=O. The van der Waals surface area contributed by atoms with Crippen LogP contribution in [-0.2, 0) is 19.5 Å². The normalized spacial score (nSPS) is 16.7. The molecule has 1 aliphatic rings. The third-order valence-corrected chi connectivity index (χ3v) is 5.19. The Morgan fingerprint density at radius 3 is 2.84 bits per heavy atom. The number of hydrogen-bond donors (Lipinski definition) is 1. The molecular formula is C19H24N4O2. The van der Waals surface area contributed by atoms with E-state index in [1.807, 2.05) is 25.1 Å². The van der Waals surface area contributed by atoms with Crippen LogP contribution in [0, 0.1) is 5.92 Å². The molecule has 1 aliphatic heterocycles.